The normalized spacial score (nSPS) is 25.0. The number of carboxylic acid groups (broad SMARTS) is 1. The van der Waals surface area contributed by atoms with E-state index in [9.17, 15) is 50.1 Å². The molecule has 0 amide bonds. The van der Waals surface area contributed by atoms with Crippen molar-refractivity contribution in [3.8, 4) is 23.0 Å². The maximum atomic E-state index is 14.3. The fourth-order valence-electron chi connectivity index (χ4n) is 7.88. The molecule has 16 nitrogen and oxygen atoms in total. The molecule has 1 aliphatic carbocycles. The number of nitrogens with one attached hydrogen (secondary N) is 1. The Morgan fingerprint density at radius 1 is 1.00 bits per heavy atom. The standard InChI is InChI=1S/C44H54N2O14/c1-46-40(23-48)44-26-43(42(55)56,59-25-32(49)12-9-28-10-14-38(36(53)17-28)57-16-15-45)21-37(54)41(44)58-24-29(8-7-27-5-3-2-4-6-27)18-39(60-44)33(50)13-11-30-19-34(51)35(52)20-31(30)22-47/h2-6,9-14,17,19-20,29,37,39-41,46-48,51-54H,7-8,15-16,18,21-26,45H2,1H3,(H,55,56)/b12-9+,13-11+/t29-,37+,39+,40+,41+,43-,44-/m0/s1. The zero-order valence-electron chi connectivity index (χ0n) is 33.3. The van der Waals surface area contributed by atoms with Gasteiger partial charge < -0.3 is 65.7 Å². The summed E-state index contributed by atoms with van der Waals surface area (Å²) in [5.74, 6) is -3.96. The third-order valence-electron chi connectivity index (χ3n) is 11.0. The van der Waals surface area contributed by atoms with Gasteiger partial charge in [-0.25, -0.2) is 4.79 Å². The number of aromatic hydroxyl groups is 3. The Bertz CT molecular complexity index is 2000. The molecule has 1 saturated heterocycles. The summed E-state index contributed by atoms with van der Waals surface area (Å²) >= 11 is 0. The quantitative estimate of drug-likeness (QED) is 0.0619. The number of phenolic OH excluding ortho intramolecular Hbond substituents is 3. The van der Waals surface area contributed by atoms with Crippen LogP contribution in [0.3, 0.4) is 0 Å². The fourth-order valence-corrected chi connectivity index (χ4v) is 7.88. The number of nitrogens with two attached hydrogens (primary N) is 1. The smallest absolute Gasteiger partial charge is 0.336 e. The van der Waals surface area contributed by atoms with Crippen LogP contribution in [0.2, 0.25) is 0 Å². The number of ether oxygens (including phenoxy) is 4. The number of aliphatic hydroxyl groups excluding tert-OH is 3. The largest absolute Gasteiger partial charge is 0.504 e. The number of aliphatic carboxylic acids is 1. The zero-order chi connectivity index (χ0) is 43.5. The van der Waals surface area contributed by atoms with E-state index in [1.165, 1.54) is 49.5 Å². The summed E-state index contributed by atoms with van der Waals surface area (Å²) in [4.78, 5) is 40.7. The molecule has 0 radical (unpaired) electrons. The molecule has 0 unspecified atom stereocenters. The van der Waals surface area contributed by atoms with Crippen LogP contribution in [-0.2, 0) is 41.6 Å². The molecule has 3 aromatic rings. The van der Waals surface area contributed by atoms with Crippen LogP contribution in [0.15, 0.2) is 72.8 Å². The number of carbonyl (C=O) groups excluding carboxylic acids is 2. The number of hydrogen-bond donors (Lipinski definition) is 9. The van der Waals surface area contributed by atoms with Gasteiger partial charge in [-0.3, -0.25) is 9.59 Å². The van der Waals surface area contributed by atoms with Crippen LogP contribution < -0.4 is 15.8 Å². The molecule has 324 valence electrons. The highest BCUT2D eigenvalue weighted by molar-refractivity contribution is 5.97. The minimum atomic E-state index is -2.28. The van der Waals surface area contributed by atoms with Crippen molar-refractivity contribution in [3.63, 3.8) is 0 Å². The highest BCUT2D eigenvalue weighted by atomic mass is 16.6. The lowest BCUT2D eigenvalue weighted by Gasteiger charge is -2.56. The van der Waals surface area contributed by atoms with Gasteiger partial charge in [0.2, 0.25) is 0 Å². The number of carbonyl (C=O) groups is 3. The maximum Gasteiger partial charge on any atom is 0.336 e. The van der Waals surface area contributed by atoms with Crippen LogP contribution in [0.4, 0.5) is 0 Å². The third-order valence-corrected chi connectivity index (χ3v) is 11.0. The summed E-state index contributed by atoms with van der Waals surface area (Å²) in [5.41, 5.74) is 3.19. The zero-order valence-corrected chi connectivity index (χ0v) is 33.3. The average Bonchev–Trinajstić information content (AvgIpc) is 3.23. The van der Waals surface area contributed by atoms with Gasteiger partial charge >= 0.3 is 5.97 Å². The molecule has 1 saturated carbocycles. The molecule has 60 heavy (non-hydrogen) atoms. The van der Waals surface area contributed by atoms with Crippen molar-refractivity contribution in [2.24, 2.45) is 11.7 Å². The molecule has 1 aliphatic heterocycles. The molecule has 0 spiro atoms. The van der Waals surface area contributed by atoms with Gasteiger partial charge in [0.05, 0.1) is 32.0 Å². The summed E-state index contributed by atoms with van der Waals surface area (Å²) in [5, 5.41) is 76.6. The number of aliphatic hydroxyl groups is 3. The number of rotatable bonds is 19. The number of aryl methyl sites for hydroxylation is 1. The number of ketones is 2. The average molecular weight is 835 g/mol. The van der Waals surface area contributed by atoms with E-state index in [1.807, 2.05) is 30.3 Å². The van der Waals surface area contributed by atoms with Gasteiger partial charge in [0, 0.05) is 19.4 Å². The van der Waals surface area contributed by atoms with Gasteiger partial charge in [-0.1, -0.05) is 48.6 Å². The van der Waals surface area contributed by atoms with Crippen LogP contribution in [0.5, 0.6) is 23.0 Å². The Morgan fingerprint density at radius 2 is 1.75 bits per heavy atom. The lowest BCUT2D eigenvalue weighted by atomic mass is 9.67. The first-order valence-corrected chi connectivity index (χ1v) is 19.7. The summed E-state index contributed by atoms with van der Waals surface area (Å²) in [6.45, 7) is -1.44. The molecular formula is C44H54N2O14. The minimum Gasteiger partial charge on any atom is -0.504 e. The molecule has 16 heteroatoms. The Hall–Kier alpha value is -5.17. The first-order valence-electron chi connectivity index (χ1n) is 19.7. The number of hydrogen-bond acceptors (Lipinski definition) is 15. The van der Waals surface area contributed by atoms with E-state index in [0.717, 1.165) is 11.6 Å². The second-order valence-corrected chi connectivity index (χ2v) is 15.1. The minimum absolute atomic E-state index is 0.0371. The van der Waals surface area contributed by atoms with Gasteiger partial charge in [0.25, 0.3) is 0 Å². The molecule has 1 heterocycles. The van der Waals surface area contributed by atoms with Crippen molar-refractivity contribution in [2.45, 2.75) is 74.3 Å². The second kappa shape index (κ2) is 20.9. The maximum absolute atomic E-state index is 14.3. The molecule has 2 fully saturated rings. The van der Waals surface area contributed by atoms with E-state index in [0.29, 0.717) is 18.4 Å². The van der Waals surface area contributed by atoms with Crippen molar-refractivity contribution in [1.29, 1.82) is 0 Å². The Kier molecular flexibility index (Phi) is 16.0. The predicted octanol–water partition coefficient (Wildman–Crippen LogP) is 2.23. The Morgan fingerprint density at radius 3 is 2.42 bits per heavy atom. The van der Waals surface area contributed by atoms with Crippen molar-refractivity contribution in [2.75, 3.05) is 40.0 Å². The van der Waals surface area contributed by atoms with Crippen molar-refractivity contribution < 1.29 is 69.1 Å². The molecule has 0 bridgehead atoms. The third kappa shape index (κ3) is 11.0. The van der Waals surface area contributed by atoms with E-state index >= 15 is 0 Å². The van der Waals surface area contributed by atoms with Crippen LogP contribution in [0.1, 0.15) is 47.9 Å². The molecule has 7 atom stereocenters. The lowest BCUT2D eigenvalue weighted by molar-refractivity contribution is -0.280. The summed E-state index contributed by atoms with van der Waals surface area (Å²) in [6, 6.07) is 15.4. The highest BCUT2D eigenvalue weighted by Crippen LogP contribution is 2.47. The van der Waals surface area contributed by atoms with E-state index in [2.05, 4.69) is 5.32 Å². The van der Waals surface area contributed by atoms with E-state index in [1.54, 1.807) is 6.07 Å². The van der Waals surface area contributed by atoms with Gasteiger partial charge in [-0.05, 0) is 90.9 Å². The van der Waals surface area contributed by atoms with Crippen molar-refractivity contribution >= 4 is 29.7 Å². The SMILES string of the molecule is CN[C@H](CO)[C@@]12C[C@](OCC(=O)/C=C/c3ccc(OCCN)c(O)c3)(C(=O)O)C[C@@H](O)[C@H]1OC[C@@H](CCc1ccccc1)C[C@H](C(=O)/C=C/c1cc(O)c(O)cc1CO)O2. The van der Waals surface area contributed by atoms with Gasteiger partial charge in [-0.2, -0.15) is 0 Å². The molecule has 2 aliphatic rings. The first kappa shape index (κ1) is 45.9. The van der Waals surface area contributed by atoms with Gasteiger partial charge in [0.1, 0.15) is 31.0 Å². The molecular weight excluding hydrogens is 780 g/mol. The topological polar surface area (TPSA) is 268 Å². The monoisotopic (exact) mass is 834 g/mol. The molecule has 3 aromatic carbocycles. The van der Waals surface area contributed by atoms with Crippen LogP contribution in [-0.4, -0.2) is 129 Å². The van der Waals surface area contributed by atoms with Crippen molar-refractivity contribution in [1.82, 2.24) is 5.32 Å². The van der Waals surface area contributed by atoms with Crippen LogP contribution in [0.25, 0.3) is 12.2 Å². The van der Waals surface area contributed by atoms with E-state index in [4.69, 9.17) is 24.7 Å². The van der Waals surface area contributed by atoms with Crippen molar-refractivity contribution in [3.05, 3.63) is 95.1 Å². The van der Waals surface area contributed by atoms with E-state index in [-0.39, 0.29) is 54.7 Å². The number of carboxylic acids is 1. The van der Waals surface area contributed by atoms with Crippen LogP contribution in [0, 0.1) is 5.92 Å². The van der Waals surface area contributed by atoms with Gasteiger partial charge in [0.15, 0.2) is 40.2 Å². The number of phenols is 3. The second-order valence-electron chi connectivity index (χ2n) is 15.1. The number of likely N-dealkylation sites (N-methyl/N-ethyl adjacent to an activating group) is 1. The fraction of sp³-hybridized carbons (Fsp3) is 0.432. The predicted molar refractivity (Wildman–Crippen MR) is 218 cm³/mol. The summed E-state index contributed by atoms with van der Waals surface area (Å²) in [7, 11) is 1.50. The Labute approximate surface area is 347 Å². The molecule has 5 rings (SSSR count). The van der Waals surface area contributed by atoms with Crippen LogP contribution >= 0.6 is 0 Å². The highest BCUT2D eigenvalue weighted by Gasteiger charge is 2.64. The van der Waals surface area contributed by atoms with Gasteiger partial charge in [-0.15, -0.1) is 0 Å². The van der Waals surface area contributed by atoms with E-state index < -0.39 is 97.3 Å². The molecule has 0 aromatic heterocycles. The summed E-state index contributed by atoms with van der Waals surface area (Å²) < 4.78 is 24.5. The number of fused-ring (bicyclic) bond motifs is 1. The molecule has 10 N–H and O–H groups in total. The Balaban J connectivity index is 1.47. The number of benzene rings is 3. The first-order chi connectivity index (χ1) is 28.8. The lowest BCUT2D eigenvalue weighted by Crippen LogP contribution is -2.73. The summed E-state index contributed by atoms with van der Waals surface area (Å²) in [6.07, 6.45) is 1.07.